The van der Waals surface area contributed by atoms with Gasteiger partial charge in [0.15, 0.2) is 0 Å². The Morgan fingerprint density at radius 1 is 1.05 bits per heavy atom. The summed E-state index contributed by atoms with van der Waals surface area (Å²) >= 11 is 1.86. The standard InChI is InChI=1S/C17H17FOS/c18-12-7-5-11(6-8-12)16-14-9-10-20-17(14)13-3-1-2-4-15(13)19-16/h5-10,13,15-16H,1-4H2/t13-,15-,16+/m1/s1. The van der Waals surface area contributed by atoms with Crippen LogP contribution < -0.4 is 0 Å². The molecule has 1 aliphatic heterocycles. The Balaban J connectivity index is 1.75. The summed E-state index contributed by atoms with van der Waals surface area (Å²) in [6, 6.07) is 8.93. The van der Waals surface area contributed by atoms with Gasteiger partial charge in [0.25, 0.3) is 0 Å². The Labute approximate surface area is 122 Å². The van der Waals surface area contributed by atoms with Crippen molar-refractivity contribution in [2.75, 3.05) is 0 Å². The SMILES string of the molecule is Fc1ccc([C@@H]2O[C@@H]3CCCC[C@H]3c3sccc32)cc1. The summed E-state index contributed by atoms with van der Waals surface area (Å²) in [5.41, 5.74) is 2.36. The predicted molar refractivity (Wildman–Crippen MR) is 78.6 cm³/mol. The second-order valence-electron chi connectivity index (χ2n) is 5.74. The van der Waals surface area contributed by atoms with Gasteiger partial charge in [-0.25, -0.2) is 4.39 Å². The van der Waals surface area contributed by atoms with Crippen molar-refractivity contribution in [2.45, 2.75) is 43.8 Å². The highest BCUT2D eigenvalue weighted by Gasteiger charge is 2.38. The highest BCUT2D eigenvalue weighted by molar-refractivity contribution is 7.10. The molecular weight excluding hydrogens is 271 g/mol. The molecule has 3 atom stereocenters. The second kappa shape index (κ2) is 4.97. The van der Waals surface area contributed by atoms with Crippen molar-refractivity contribution < 1.29 is 9.13 Å². The van der Waals surface area contributed by atoms with Gasteiger partial charge in [-0.2, -0.15) is 0 Å². The minimum Gasteiger partial charge on any atom is -0.365 e. The molecule has 1 aliphatic carbocycles. The van der Waals surface area contributed by atoms with Crippen molar-refractivity contribution in [2.24, 2.45) is 0 Å². The van der Waals surface area contributed by atoms with E-state index in [0.717, 1.165) is 12.0 Å². The monoisotopic (exact) mass is 288 g/mol. The summed E-state index contributed by atoms with van der Waals surface area (Å²) in [5.74, 6) is 0.390. The van der Waals surface area contributed by atoms with Crippen LogP contribution in [0.2, 0.25) is 0 Å². The fourth-order valence-electron chi connectivity index (χ4n) is 3.55. The lowest BCUT2D eigenvalue weighted by Crippen LogP contribution is -2.32. The maximum absolute atomic E-state index is 13.1. The number of hydrogen-bond acceptors (Lipinski definition) is 2. The highest BCUT2D eigenvalue weighted by atomic mass is 32.1. The van der Waals surface area contributed by atoms with Crippen molar-refractivity contribution >= 4 is 11.3 Å². The van der Waals surface area contributed by atoms with E-state index in [1.807, 2.05) is 23.5 Å². The minimum absolute atomic E-state index is 0.0174. The van der Waals surface area contributed by atoms with Gasteiger partial charge in [-0.15, -0.1) is 11.3 Å². The summed E-state index contributed by atoms with van der Waals surface area (Å²) in [7, 11) is 0. The lowest BCUT2D eigenvalue weighted by Gasteiger charge is -2.39. The molecule has 2 aliphatic rings. The quantitative estimate of drug-likeness (QED) is 0.715. The first-order valence-corrected chi connectivity index (χ1v) is 8.19. The molecule has 1 nitrogen and oxygen atoms in total. The molecule has 2 heterocycles. The van der Waals surface area contributed by atoms with Gasteiger partial charge in [0.05, 0.1) is 6.10 Å². The maximum Gasteiger partial charge on any atom is 0.123 e. The molecule has 104 valence electrons. The Morgan fingerprint density at radius 3 is 2.70 bits per heavy atom. The number of hydrogen-bond donors (Lipinski definition) is 0. The van der Waals surface area contributed by atoms with Crippen LogP contribution in [-0.2, 0) is 4.74 Å². The predicted octanol–water partition coefficient (Wildman–Crippen LogP) is 5.03. The summed E-state index contributed by atoms with van der Waals surface area (Å²) < 4.78 is 19.5. The van der Waals surface area contributed by atoms with Crippen LogP contribution in [-0.4, -0.2) is 6.10 Å². The summed E-state index contributed by atoms with van der Waals surface area (Å²) in [6.07, 6.45) is 5.29. The van der Waals surface area contributed by atoms with Crippen LogP contribution in [0.15, 0.2) is 35.7 Å². The third-order valence-corrected chi connectivity index (χ3v) is 5.60. The first-order valence-electron chi connectivity index (χ1n) is 7.31. The lowest BCUT2D eigenvalue weighted by atomic mass is 9.80. The average Bonchev–Trinajstić information content (AvgIpc) is 2.97. The van der Waals surface area contributed by atoms with Crippen molar-refractivity contribution in [1.82, 2.24) is 0 Å². The zero-order chi connectivity index (χ0) is 13.5. The van der Waals surface area contributed by atoms with Gasteiger partial charge < -0.3 is 4.74 Å². The van der Waals surface area contributed by atoms with Crippen LogP contribution in [0, 0.1) is 5.82 Å². The molecule has 1 aromatic carbocycles. The first-order chi connectivity index (χ1) is 9.83. The maximum atomic E-state index is 13.1. The number of benzene rings is 1. The van der Waals surface area contributed by atoms with Crippen LogP contribution in [0.1, 0.15) is 53.7 Å². The second-order valence-corrected chi connectivity index (χ2v) is 6.68. The Morgan fingerprint density at radius 2 is 1.85 bits per heavy atom. The zero-order valence-corrected chi connectivity index (χ0v) is 12.0. The number of rotatable bonds is 1. The molecule has 2 aromatic rings. The molecular formula is C17H17FOS. The van der Waals surface area contributed by atoms with E-state index in [1.54, 1.807) is 0 Å². The number of thiophene rings is 1. The van der Waals surface area contributed by atoms with Crippen molar-refractivity contribution in [3.05, 3.63) is 57.5 Å². The molecule has 20 heavy (non-hydrogen) atoms. The van der Waals surface area contributed by atoms with Crippen molar-refractivity contribution in [3.63, 3.8) is 0 Å². The van der Waals surface area contributed by atoms with E-state index in [-0.39, 0.29) is 11.9 Å². The van der Waals surface area contributed by atoms with Gasteiger partial charge >= 0.3 is 0 Å². The molecule has 0 N–H and O–H groups in total. The fourth-order valence-corrected chi connectivity index (χ4v) is 4.67. The van der Waals surface area contributed by atoms with Crippen molar-refractivity contribution in [1.29, 1.82) is 0 Å². The molecule has 0 bridgehead atoms. The molecule has 0 unspecified atom stereocenters. The minimum atomic E-state index is -0.189. The van der Waals surface area contributed by atoms with Crippen LogP contribution in [0.25, 0.3) is 0 Å². The Bertz CT molecular complexity index is 604. The van der Waals surface area contributed by atoms with Crippen LogP contribution in [0.5, 0.6) is 0 Å². The van der Waals surface area contributed by atoms with Crippen molar-refractivity contribution in [3.8, 4) is 0 Å². The van der Waals surface area contributed by atoms with Gasteiger partial charge in [0, 0.05) is 10.8 Å². The molecule has 0 spiro atoms. The molecule has 1 aromatic heterocycles. The van der Waals surface area contributed by atoms with E-state index in [9.17, 15) is 4.39 Å². The molecule has 0 amide bonds. The number of ether oxygens (including phenoxy) is 1. The molecule has 1 fully saturated rings. The molecule has 0 saturated heterocycles. The largest absolute Gasteiger partial charge is 0.365 e. The summed E-state index contributed by atoms with van der Waals surface area (Å²) in [4.78, 5) is 1.50. The highest BCUT2D eigenvalue weighted by Crippen LogP contribution is 2.48. The lowest BCUT2D eigenvalue weighted by molar-refractivity contribution is -0.0374. The van der Waals surface area contributed by atoms with Gasteiger partial charge in [0.1, 0.15) is 11.9 Å². The van der Waals surface area contributed by atoms with E-state index >= 15 is 0 Å². The molecule has 1 saturated carbocycles. The third kappa shape index (κ3) is 2.00. The molecule has 4 rings (SSSR count). The van der Waals surface area contributed by atoms with Crippen LogP contribution >= 0.6 is 11.3 Å². The van der Waals surface area contributed by atoms with Crippen LogP contribution in [0.4, 0.5) is 4.39 Å². The first kappa shape index (κ1) is 12.5. The van der Waals surface area contributed by atoms with E-state index in [2.05, 4.69) is 11.4 Å². The van der Waals surface area contributed by atoms with E-state index < -0.39 is 0 Å². The smallest absolute Gasteiger partial charge is 0.123 e. The molecule has 3 heteroatoms. The molecule has 0 radical (unpaired) electrons. The average molecular weight is 288 g/mol. The Kier molecular flexibility index (Phi) is 3.12. The fraction of sp³-hybridized carbons (Fsp3) is 0.412. The third-order valence-electron chi connectivity index (χ3n) is 4.53. The number of fused-ring (bicyclic) bond motifs is 3. The van der Waals surface area contributed by atoms with Gasteiger partial charge in [-0.05, 0) is 47.5 Å². The number of halogens is 1. The van der Waals surface area contributed by atoms with Crippen LogP contribution in [0.3, 0.4) is 0 Å². The van der Waals surface area contributed by atoms with Gasteiger partial charge in [0.2, 0.25) is 0 Å². The van der Waals surface area contributed by atoms with E-state index in [4.69, 9.17) is 4.74 Å². The normalized spacial score (nSPS) is 28.8. The topological polar surface area (TPSA) is 9.23 Å². The van der Waals surface area contributed by atoms with Gasteiger partial charge in [-0.3, -0.25) is 0 Å². The summed E-state index contributed by atoms with van der Waals surface area (Å²) in [6.45, 7) is 0. The Hall–Kier alpha value is -1.19. The van der Waals surface area contributed by atoms with E-state index in [0.29, 0.717) is 12.0 Å². The summed E-state index contributed by atoms with van der Waals surface area (Å²) in [5, 5.41) is 2.17. The van der Waals surface area contributed by atoms with E-state index in [1.165, 1.54) is 41.8 Å². The van der Waals surface area contributed by atoms with Gasteiger partial charge in [-0.1, -0.05) is 25.0 Å². The zero-order valence-electron chi connectivity index (χ0n) is 11.2.